The minimum absolute atomic E-state index is 0.0345. The van der Waals surface area contributed by atoms with Crippen LogP contribution in [0.2, 0.25) is 0 Å². The van der Waals surface area contributed by atoms with Gasteiger partial charge in [-0.2, -0.15) is 5.26 Å². The molecule has 0 spiro atoms. The average Bonchev–Trinajstić information content (AvgIpc) is 3.32. The summed E-state index contributed by atoms with van der Waals surface area (Å²) in [5, 5.41) is 17.3. The van der Waals surface area contributed by atoms with E-state index in [1.54, 1.807) is 0 Å². The van der Waals surface area contributed by atoms with Crippen molar-refractivity contribution in [1.29, 1.82) is 5.26 Å². The maximum atomic E-state index is 12.4. The Labute approximate surface area is 153 Å². The van der Waals surface area contributed by atoms with E-state index in [2.05, 4.69) is 28.5 Å². The third-order valence-electron chi connectivity index (χ3n) is 5.75. The van der Waals surface area contributed by atoms with Gasteiger partial charge in [-0.05, 0) is 56.6 Å². The van der Waals surface area contributed by atoms with Crippen molar-refractivity contribution < 1.29 is 4.79 Å². The number of amides is 1. The number of nitrogens with one attached hydrogen (secondary N) is 2. The minimum Gasteiger partial charge on any atom is -0.360 e. The number of carbonyl (C=O) groups excluding carboxylic acids is 1. The molecule has 1 aromatic rings. The highest BCUT2D eigenvalue weighted by Crippen LogP contribution is 2.40. The Balaban J connectivity index is 1.42. The Morgan fingerprint density at radius 1 is 1.40 bits per heavy atom. The zero-order valence-corrected chi connectivity index (χ0v) is 15.6. The molecular weight excluding hydrogens is 332 g/mol. The number of rotatable bonds is 3. The normalized spacial score (nSPS) is 28.6. The third-order valence-corrected chi connectivity index (χ3v) is 7.11. The predicted octanol–water partition coefficient (Wildman–Crippen LogP) is 2.19. The summed E-state index contributed by atoms with van der Waals surface area (Å²) in [7, 11) is 0. The van der Waals surface area contributed by atoms with E-state index >= 15 is 0 Å². The highest BCUT2D eigenvalue weighted by molar-refractivity contribution is 7.16. The number of carbonyl (C=O) groups is 1. The van der Waals surface area contributed by atoms with Gasteiger partial charge < -0.3 is 15.5 Å². The molecule has 2 aliphatic heterocycles. The van der Waals surface area contributed by atoms with Crippen LogP contribution in [0.1, 0.15) is 48.6 Å². The van der Waals surface area contributed by atoms with Gasteiger partial charge in [0.25, 0.3) is 0 Å². The van der Waals surface area contributed by atoms with Crippen molar-refractivity contribution in [2.75, 3.05) is 24.5 Å². The zero-order chi connectivity index (χ0) is 17.4. The molecule has 2 N–H and O–H groups in total. The fraction of sp³-hybridized carbons (Fsp3) is 0.684. The van der Waals surface area contributed by atoms with Crippen molar-refractivity contribution in [1.82, 2.24) is 10.6 Å². The monoisotopic (exact) mass is 358 g/mol. The maximum absolute atomic E-state index is 12.4. The summed E-state index contributed by atoms with van der Waals surface area (Å²) >= 11 is 1.81. The summed E-state index contributed by atoms with van der Waals surface area (Å²) in [5.74, 6) is 0.716. The minimum atomic E-state index is -0.0345. The lowest BCUT2D eigenvalue weighted by Gasteiger charge is -2.19. The molecule has 2 saturated heterocycles. The molecule has 25 heavy (non-hydrogen) atoms. The van der Waals surface area contributed by atoms with Crippen LogP contribution in [0.15, 0.2) is 0 Å². The highest BCUT2D eigenvalue weighted by atomic mass is 32.1. The Hall–Kier alpha value is -1.58. The van der Waals surface area contributed by atoms with E-state index in [0.29, 0.717) is 5.92 Å². The van der Waals surface area contributed by atoms with E-state index in [4.69, 9.17) is 0 Å². The average molecular weight is 359 g/mol. The summed E-state index contributed by atoms with van der Waals surface area (Å²) in [6.45, 7) is 4.86. The molecule has 0 radical (unpaired) electrons. The molecule has 1 amide bonds. The van der Waals surface area contributed by atoms with Gasteiger partial charge in [-0.25, -0.2) is 0 Å². The van der Waals surface area contributed by atoms with Crippen molar-refractivity contribution in [2.24, 2.45) is 5.92 Å². The summed E-state index contributed by atoms with van der Waals surface area (Å²) in [4.78, 5) is 16.2. The summed E-state index contributed by atoms with van der Waals surface area (Å²) in [6.07, 6.45) is 6.50. The molecular formula is C19H26N4OS. The first-order valence-corrected chi connectivity index (χ1v) is 10.3. The fourth-order valence-corrected chi connectivity index (χ4v) is 5.74. The number of nitriles is 1. The molecule has 1 aliphatic carbocycles. The smallest absolute Gasteiger partial charge is 0.237 e. The van der Waals surface area contributed by atoms with Crippen molar-refractivity contribution in [3.8, 4) is 6.07 Å². The van der Waals surface area contributed by atoms with E-state index in [-0.39, 0.29) is 18.0 Å². The second kappa shape index (κ2) is 6.97. The molecule has 2 fully saturated rings. The van der Waals surface area contributed by atoms with Crippen LogP contribution in [0.4, 0.5) is 5.00 Å². The molecule has 3 aliphatic rings. The third kappa shape index (κ3) is 3.28. The van der Waals surface area contributed by atoms with Crippen molar-refractivity contribution >= 4 is 22.2 Å². The van der Waals surface area contributed by atoms with Gasteiger partial charge in [-0.3, -0.25) is 4.79 Å². The van der Waals surface area contributed by atoms with Crippen LogP contribution in [-0.2, 0) is 17.6 Å². The molecule has 5 nitrogen and oxygen atoms in total. The summed E-state index contributed by atoms with van der Waals surface area (Å²) < 4.78 is 0. The van der Waals surface area contributed by atoms with Crippen LogP contribution >= 0.6 is 11.3 Å². The van der Waals surface area contributed by atoms with E-state index in [1.165, 1.54) is 23.3 Å². The number of fused-ring (bicyclic) bond motifs is 1. The van der Waals surface area contributed by atoms with Crippen molar-refractivity contribution in [3.05, 3.63) is 16.0 Å². The van der Waals surface area contributed by atoms with Gasteiger partial charge in [0.2, 0.25) is 5.91 Å². The zero-order valence-electron chi connectivity index (χ0n) is 14.8. The quantitative estimate of drug-likeness (QED) is 0.869. The van der Waals surface area contributed by atoms with Gasteiger partial charge in [0.1, 0.15) is 11.1 Å². The lowest BCUT2D eigenvalue weighted by molar-refractivity contribution is -0.123. The predicted molar refractivity (Wildman–Crippen MR) is 100 cm³/mol. The number of anilines is 1. The number of hydrogen-bond donors (Lipinski definition) is 2. The maximum Gasteiger partial charge on any atom is 0.237 e. The standard InChI is InChI=1S/C19H26N4OS/c1-12-8-16(21-10-12)18(24)22-13-6-7-23(11-13)19-15(9-20)14-4-2-3-5-17(14)25-19/h12-13,16,21H,2-8,10-11H2,1H3,(H,22,24). The first-order chi connectivity index (χ1) is 12.2. The molecule has 0 aromatic carbocycles. The topological polar surface area (TPSA) is 68.2 Å². The van der Waals surface area contributed by atoms with Crippen LogP contribution in [0.3, 0.4) is 0 Å². The Kier molecular flexibility index (Phi) is 4.70. The molecule has 3 heterocycles. The Morgan fingerprint density at radius 2 is 2.24 bits per heavy atom. The van der Waals surface area contributed by atoms with E-state index in [9.17, 15) is 10.1 Å². The Bertz CT molecular complexity index is 707. The summed E-state index contributed by atoms with van der Waals surface area (Å²) in [6, 6.07) is 2.61. The number of aryl methyl sites for hydroxylation is 1. The molecule has 0 bridgehead atoms. The van der Waals surface area contributed by atoms with Crippen LogP contribution in [0.25, 0.3) is 0 Å². The first-order valence-electron chi connectivity index (χ1n) is 9.49. The Morgan fingerprint density at radius 3 is 3.00 bits per heavy atom. The van der Waals surface area contributed by atoms with E-state index in [0.717, 1.165) is 55.9 Å². The number of nitrogens with zero attached hydrogens (tertiary/aromatic N) is 2. The van der Waals surface area contributed by atoms with Crippen LogP contribution in [0.5, 0.6) is 0 Å². The second-order valence-corrected chi connectivity index (χ2v) is 8.83. The van der Waals surface area contributed by atoms with Gasteiger partial charge in [-0.15, -0.1) is 11.3 Å². The molecule has 134 valence electrons. The largest absolute Gasteiger partial charge is 0.360 e. The molecule has 4 rings (SSSR count). The van der Waals surface area contributed by atoms with Crippen molar-refractivity contribution in [3.63, 3.8) is 0 Å². The van der Waals surface area contributed by atoms with Gasteiger partial charge in [0, 0.05) is 24.0 Å². The van der Waals surface area contributed by atoms with Gasteiger partial charge >= 0.3 is 0 Å². The van der Waals surface area contributed by atoms with E-state index in [1.807, 2.05) is 11.3 Å². The van der Waals surface area contributed by atoms with Crippen LogP contribution < -0.4 is 15.5 Å². The molecule has 1 aromatic heterocycles. The van der Waals surface area contributed by atoms with Crippen molar-refractivity contribution in [2.45, 2.75) is 57.5 Å². The van der Waals surface area contributed by atoms with Gasteiger partial charge in [0.15, 0.2) is 0 Å². The summed E-state index contributed by atoms with van der Waals surface area (Å²) in [5.41, 5.74) is 2.20. The molecule has 3 unspecified atom stereocenters. The van der Waals surface area contributed by atoms with Crippen LogP contribution in [-0.4, -0.2) is 37.6 Å². The van der Waals surface area contributed by atoms with Gasteiger partial charge in [-0.1, -0.05) is 6.92 Å². The van der Waals surface area contributed by atoms with E-state index < -0.39 is 0 Å². The highest BCUT2D eigenvalue weighted by Gasteiger charge is 2.32. The number of thiophene rings is 1. The lowest BCUT2D eigenvalue weighted by Crippen LogP contribution is -2.46. The SMILES string of the molecule is CC1CNC(C(=O)NC2CCN(c3sc4c(c3C#N)CCCC4)C2)C1. The first kappa shape index (κ1) is 16.9. The molecule has 0 saturated carbocycles. The fourth-order valence-electron chi connectivity index (χ4n) is 4.37. The van der Waals surface area contributed by atoms with Gasteiger partial charge in [0.05, 0.1) is 11.6 Å². The molecule has 6 heteroatoms. The van der Waals surface area contributed by atoms with Crippen LogP contribution in [0, 0.1) is 17.2 Å². The lowest BCUT2D eigenvalue weighted by atomic mass is 9.96. The molecule has 3 atom stereocenters. The second-order valence-electron chi connectivity index (χ2n) is 7.74. The number of hydrogen-bond acceptors (Lipinski definition) is 5.